The zero-order chi connectivity index (χ0) is 26.5. The van der Waals surface area contributed by atoms with Gasteiger partial charge in [-0.15, -0.1) is 0 Å². The molecule has 1 heterocycles. The van der Waals surface area contributed by atoms with Crippen LogP contribution in [-0.4, -0.2) is 45.4 Å². The summed E-state index contributed by atoms with van der Waals surface area (Å²) in [6, 6.07) is 9.80. The minimum absolute atomic E-state index is 0.0266. The fraction of sp³-hybridized carbons (Fsp3) is 0.519. The number of rotatable bonds is 8. The van der Waals surface area contributed by atoms with Crippen molar-refractivity contribution in [2.24, 2.45) is 11.8 Å². The first-order chi connectivity index (χ1) is 17.6. The first-order valence-electron chi connectivity index (χ1n) is 12.9. The number of likely N-dealkylation sites (tertiary alicyclic amines) is 1. The van der Waals surface area contributed by atoms with Gasteiger partial charge in [-0.1, -0.05) is 31.4 Å². The molecule has 1 amide bonds. The Morgan fingerprint density at radius 2 is 1.68 bits per heavy atom. The van der Waals surface area contributed by atoms with Gasteiger partial charge in [0.1, 0.15) is 0 Å². The SMILES string of the molecule is O=C(Nc1cccc(C(F)(F)F)c1)c1cccc(S(=O)(=O)NCC2CCCN(CC3CCCCC3)C2)c1. The van der Waals surface area contributed by atoms with Crippen LogP contribution in [0.15, 0.2) is 53.4 Å². The Hall–Kier alpha value is -2.43. The van der Waals surface area contributed by atoms with Crippen LogP contribution in [-0.2, 0) is 16.2 Å². The van der Waals surface area contributed by atoms with Crippen molar-refractivity contribution in [1.82, 2.24) is 9.62 Å². The average Bonchev–Trinajstić information content (AvgIpc) is 2.88. The highest BCUT2D eigenvalue weighted by molar-refractivity contribution is 7.89. The van der Waals surface area contributed by atoms with Gasteiger partial charge in [-0.2, -0.15) is 13.2 Å². The molecule has 1 atom stereocenters. The number of halogens is 3. The molecule has 6 nitrogen and oxygen atoms in total. The first kappa shape index (κ1) is 27.6. The summed E-state index contributed by atoms with van der Waals surface area (Å²) in [7, 11) is -3.86. The van der Waals surface area contributed by atoms with Gasteiger partial charge in [0.25, 0.3) is 5.91 Å². The molecule has 0 spiro atoms. The summed E-state index contributed by atoms with van der Waals surface area (Å²) in [4.78, 5) is 15.1. The summed E-state index contributed by atoms with van der Waals surface area (Å²) < 4.78 is 67.5. The molecule has 1 aliphatic carbocycles. The molecule has 2 N–H and O–H groups in total. The Labute approximate surface area is 216 Å². The van der Waals surface area contributed by atoms with E-state index in [1.807, 2.05) is 0 Å². The highest BCUT2D eigenvalue weighted by Crippen LogP contribution is 2.31. The summed E-state index contributed by atoms with van der Waals surface area (Å²) in [6.45, 7) is 3.34. The molecule has 4 rings (SSSR count). The second kappa shape index (κ2) is 12.0. The van der Waals surface area contributed by atoms with Crippen LogP contribution in [0.3, 0.4) is 0 Å². The van der Waals surface area contributed by atoms with E-state index in [1.54, 1.807) is 0 Å². The standard InChI is InChI=1S/C27H34F3N3O3S/c28-27(29,30)23-11-5-12-24(16-23)32-26(34)22-10-4-13-25(15-22)37(35,36)31-17-21-9-6-14-33(19-21)18-20-7-2-1-3-8-20/h4-5,10-13,15-16,20-21,31H,1-3,6-9,14,17-19H2,(H,32,34). The minimum atomic E-state index is -4.54. The Morgan fingerprint density at radius 1 is 0.946 bits per heavy atom. The van der Waals surface area contributed by atoms with E-state index in [9.17, 15) is 26.4 Å². The first-order valence-corrected chi connectivity index (χ1v) is 14.4. The van der Waals surface area contributed by atoms with Crippen LogP contribution in [0.1, 0.15) is 60.9 Å². The van der Waals surface area contributed by atoms with Crippen molar-refractivity contribution in [2.45, 2.75) is 56.0 Å². The maximum atomic E-state index is 13.0. The lowest BCUT2D eigenvalue weighted by Crippen LogP contribution is -2.42. The van der Waals surface area contributed by atoms with Crippen LogP contribution in [0.5, 0.6) is 0 Å². The fourth-order valence-electron chi connectivity index (χ4n) is 5.31. The maximum absolute atomic E-state index is 13.0. The molecule has 0 radical (unpaired) electrons. The van der Waals surface area contributed by atoms with Crippen molar-refractivity contribution >= 4 is 21.6 Å². The number of amides is 1. The lowest BCUT2D eigenvalue weighted by Gasteiger charge is -2.36. The number of anilines is 1. The Morgan fingerprint density at radius 3 is 2.43 bits per heavy atom. The number of carbonyl (C=O) groups excluding carboxylic acids is 1. The molecular weight excluding hydrogens is 503 g/mol. The monoisotopic (exact) mass is 537 g/mol. The predicted molar refractivity (Wildman–Crippen MR) is 137 cm³/mol. The lowest BCUT2D eigenvalue weighted by atomic mass is 9.88. The minimum Gasteiger partial charge on any atom is -0.322 e. The zero-order valence-electron chi connectivity index (χ0n) is 20.8. The van der Waals surface area contributed by atoms with E-state index in [2.05, 4.69) is 14.9 Å². The molecule has 2 aromatic rings. The highest BCUT2D eigenvalue weighted by atomic mass is 32.2. The molecule has 0 bridgehead atoms. The zero-order valence-corrected chi connectivity index (χ0v) is 21.6. The van der Waals surface area contributed by atoms with Gasteiger partial charge in [-0.05, 0) is 80.5 Å². The van der Waals surface area contributed by atoms with E-state index in [0.29, 0.717) is 6.54 Å². The Balaban J connectivity index is 1.35. The van der Waals surface area contributed by atoms with Gasteiger partial charge in [-0.25, -0.2) is 13.1 Å². The molecule has 1 saturated carbocycles. The van der Waals surface area contributed by atoms with E-state index in [0.717, 1.165) is 50.5 Å². The normalized spacial score (nSPS) is 20.0. The molecule has 2 aromatic carbocycles. The predicted octanol–water partition coefficient (Wildman–Crippen LogP) is 5.53. The summed E-state index contributed by atoms with van der Waals surface area (Å²) in [6.07, 6.45) is 3.97. The van der Waals surface area contributed by atoms with E-state index in [-0.39, 0.29) is 22.1 Å². The number of benzene rings is 2. The van der Waals surface area contributed by atoms with E-state index >= 15 is 0 Å². The third kappa shape index (κ3) is 7.78. The number of nitrogens with one attached hydrogen (secondary N) is 2. The van der Waals surface area contributed by atoms with Crippen LogP contribution < -0.4 is 10.0 Å². The van der Waals surface area contributed by atoms with Crippen molar-refractivity contribution < 1.29 is 26.4 Å². The van der Waals surface area contributed by atoms with Gasteiger partial charge in [0.05, 0.1) is 10.5 Å². The van der Waals surface area contributed by atoms with Gasteiger partial charge >= 0.3 is 6.18 Å². The van der Waals surface area contributed by atoms with Gasteiger partial charge in [0.2, 0.25) is 10.0 Å². The van der Waals surface area contributed by atoms with E-state index in [1.165, 1.54) is 68.5 Å². The Kier molecular flexibility index (Phi) is 8.92. The lowest BCUT2D eigenvalue weighted by molar-refractivity contribution is -0.137. The van der Waals surface area contributed by atoms with Gasteiger partial charge < -0.3 is 10.2 Å². The number of carbonyl (C=O) groups is 1. The molecule has 2 fully saturated rings. The van der Waals surface area contributed by atoms with Crippen LogP contribution >= 0.6 is 0 Å². The van der Waals surface area contributed by atoms with Gasteiger partial charge in [0, 0.05) is 30.9 Å². The third-order valence-electron chi connectivity index (χ3n) is 7.26. The molecule has 1 saturated heterocycles. The van der Waals surface area contributed by atoms with E-state index < -0.39 is 27.7 Å². The topological polar surface area (TPSA) is 78.5 Å². The molecule has 202 valence electrons. The Bertz CT molecular complexity index is 1180. The maximum Gasteiger partial charge on any atom is 0.416 e. The second-order valence-electron chi connectivity index (χ2n) is 10.2. The summed E-state index contributed by atoms with van der Waals surface area (Å²) in [5.41, 5.74) is -0.872. The van der Waals surface area contributed by atoms with Crippen LogP contribution in [0.25, 0.3) is 0 Å². The van der Waals surface area contributed by atoms with Gasteiger partial charge in [-0.3, -0.25) is 4.79 Å². The number of sulfonamides is 1. The third-order valence-corrected chi connectivity index (χ3v) is 8.68. The average molecular weight is 538 g/mol. The molecule has 10 heteroatoms. The molecular formula is C27H34F3N3O3S. The number of hydrogen-bond acceptors (Lipinski definition) is 4. The van der Waals surface area contributed by atoms with E-state index in [4.69, 9.17) is 0 Å². The smallest absolute Gasteiger partial charge is 0.322 e. The van der Waals surface area contributed by atoms with Crippen molar-refractivity contribution in [3.05, 3.63) is 59.7 Å². The fourth-order valence-corrected chi connectivity index (χ4v) is 6.47. The van der Waals surface area contributed by atoms with Crippen LogP contribution in [0.4, 0.5) is 18.9 Å². The largest absolute Gasteiger partial charge is 0.416 e. The van der Waals surface area contributed by atoms with Crippen molar-refractivity contribution in [3.63, 3.8) is 0 Å². The molecule has 0 aromatic heterocycles. The summed E-state index contributed by atoms with van der Waals surface area (Å²) in [5, 5.41) is 2.41. The number of nitrogens with zero attached hydrogens (tertiary/aromatic N) is 1. The summed E-state index contributed by atoms with van der Waals surface area (Å²) in [5.74, 6) is 0.274. The van der Waals surface area contributed by atoms with Crippen molar-refractivity contribution in [2.75, 3.05) is 31.5 Å². The number of piperidine rings is 1. The van der Waals surface area contributed by atoms with Gasteiger partial charge in [0.15, 0.2) is 0 Å². The van der Waals surface area contributed by atoms with Crippen LogP contribution in [0.2, 0.25) is 0 Å². The van der Waals surface area contributed by atoms with Crippen molar-refractivity contribution in [1.29, 1.82) is 0 Å². The number of hydrogen-bond donors (Lipinski definition) is 2. The highest BCUT2D eigenvalue weighted by Gasteiger charge is 2.30. The quantitative estimate of drug-likeness (QED) is 0.464. The molecule has 2 aliphatic rings. The molecule has 37 heavy (non-hydrogen) atoms. The number of alkyl halides is 3. The second-order valence-corrected chi connectivity index (χ2v) is 12.0. The molecule has 1 aliphatic heterocycles. The van der Waals surface area contributed by atoms with Crippen molar-refractivity contribution in [3.8, 4) is 0 Å². The van der Waals surface area contributed by atoms with Crippen LogP contribution in [0, 0.1) is 11.8 Å². The molecule has 1 unspecified atom stereocenters. The summed E-state index contributed by atoms with van der Waals surface area (Å²) >= 11 is 0.